The van der Waals surface area contributed by atoms with Crippen molar-refractivity contribution >= 4 is 17.3 Å². The second-order valence-corrected chi connectivity index (χ2v) is 4.16. The number of carboxylic acid groups (broad SMARTS) is 1. The van der Waals surface area contributed by atoms with Crippen molar-refractivity contribution in [2.45, 2.75) is 18.9 Å². The number of carboxylic acids is 1. The van der Waals surface area contributed by atoms with Crippen molar-refractivity contribution in [1.82, 2.24) is 5.32 Å². The summed E-state index contributed by atoms with van der Waals surface area (Å²) in [6.07, 6.45) is -3.74. The number of rotatable bonds is 6. The first-order valence-electron chi connectivity index (χ1n) is 4.51. The van der Waals surface area contributed by atoms with Crippen molar-refractivity contribution in [1.29, 1.82) is 0 Å². The van der Waals surface area contributed by atoms with Crippen LogP contribution in [0.15, 0.2) is 11.4 Å². The lowest BCUT2D eigenvalue weighted by molar-refractivity contribution is -0.125. The van der Waals surface area contributed by atoms with E-state index < -0.39 is 24.9 Å². The molecule has 17 heavy (non-hydrogen) atoms. The summed E-state index contributed by atoms with van der Waals surface area (Å²) in [6.45, 7) is -1.38. The molecule has 0 aromatic carbocycles. The maximum atomic E-state index is 12.5. The summed E-state index contributed by atoms with van der Waals surface area (Å²) >= 11 is 0.947. The summed E-state index contributed by atoms with van der Waals surface area (Å²) in [5.41, 5.74) is 0.299. The molecule has 1 aromatic heterocycles. The summed E-state index contributed by atoms with van der Waals surface area (Å²) < 4.78 is 48.6. The fraction of sp³-hybridized carbons (Fsp3) is 0.444. The molecule has 3 nitrogen and oxygen atoms in total. The van der Waals surface area contributed by atoms with E-state index in [0.717, 1.165) is 11.3 Å². The molecule has 0 amide bonds. The van der Waals surface area contributed by atoms with Crippen LogP contribution in [0, 0.1) is 0 Å². The number of hydrogen-bond donors (Lipinski definition) is 2. The van der Waals surface area contributed by atoms with Gasteiger partial charge in [-0.2, -0.15) is 8.78 Å². The van der Waals surface area contributed by atoms with Crippen LogP contribution in [-0.2, 0) is 6.54 Å². The number of nitrogens with one attached hydrogen (secondary N) is 1. The number of halogens is 4. The van der Waals surface area contributed by atoms with Crippen LogP contribution in [0.25, 0.3) is 0 Å². The fourth-order valence-corrected chi connectivity index (χ4v) is 1.86. The molecule has 0 aliphatic rings. The number of carbonyl (C=O) groups is 1. The second-order valence-electron chi connectivity index (χ2n) is 3.25. The Morgan fingerprint density at radius 2 is 2.18 bits per heavy atom. The molecule has 1 aromatic rings. The van der Waals surface area contributed by atoms with Crippen molar-refractivity contribution in [2.24, 2.45) is 0 Å². The van der Waals surface area contributed by atoms with Crippen molar-refractivity contribution in [3.05, 3.63) is 21.9 Å². The third-order valence-corrected chi connectivity index (χ3v) is 2.88. The molecule has 96 valence electrons. The summed E-state index contributed by atoms with van der Waals surface area (Å²) in [6, 6.07) is 1.45. The molecule has 0 aliphatic carbocycles. The number of thiophene rings is 1. The molecule has 2 N–H and O–H groups in total. The molecule has 0 bridgehead atoms. The number of hydrogen-bond acceptors (Lipinski definition) is 3. The van der Waals surface area contributed by atoms with Crippen LogP contribution in [0.3, 0.4) is 0 Å². The van der Waals surface area contributed by atoms with Gasteiger partial charge in [-0.1, -0.05) is 0 Å². The molecule has 8 heteroatoms. The van der Waals surface area contributed by atoms with Gasteiger partial charge in [0, 0.05) is 6.54 Å². The van der Waals surface area contributed by atoms with Crippen LogP contribution in [-0.4, -0.2) is 30.0 Å². The van der Waals surface area contributed by atoms with Gasteiger partial charge in [-0.05, 0) is 17.0 Å². The predicted molar refractivity (Wildman–Crippen MR) is 53.9 cm³/mol. The first-order chi connectivity index (χ1) is 7.84. The van der Waals surface area contributed by atoms with Crippen LogP contribution in [0.5, 0.6) is 0 Å². The molecule has 0 saturated carbocycles. The Kier molecular flexibility index (Phi) is 4.47. The third-order valence-electron chi connectivity index (χ3n) is 1.94. The van der Waals surface area contributed by atoms with Gasteiger partial charge in [0.05, 0.1) is 6.54 Å². The van der Waals surface area contributed by atoms with Gasteiger partial charge in [0.15, 0.2) is 0 Å². The Balaban J connectivity index is 2.52. The zero-order chi connectivity index (χ0) is 13.1. The monoisotopic (exact) mass is 271 g/mol. The minimum Gasteiger partial charge on any atom is -0.477 e. The van der Waals surface area contributed by atoms with Gasteiger partial charge >= 0.3 is 18.3 Å². The predicted octanol–water partition coefficient (Wildman–Crippen LogP) is 2.44. The lowest BCUT2D eigenvalue weighted by Gasteiger charge is -2.15. The topological polar surface area (TPSA) is 49.3 Å². The van der Waals surface area contributed by atoms with E-state index >= 15 is 0 Å². The second kappa shape index (κ2) is 5.46. The molecule has 0 radical (unpaired) electrons. The normalized spacial score (nSPS) is 12.1. The molecule has 0 saturated heterocycles. The highest BCUT2D eigenvalue weighted by Gasteiger charge is 2.40. The number of aromatic carboxylic acids is 1. The highest BCUT2D eigenvalue weighted by Crippen LogP contribution is 2.22. The molecule has 0 unspecified atom stereocenters. The Morgan fingerprint density at radius 3 is 2.71 bits per heavy atom. The van der Waals surface area contributed by atoms with Gasteiger partial charge in [0.25, 0.3) is 0 Å². The van der Waals surface area contributed by atoms with Gasteiger partial charge in [-0.3, -0.25) is 0 Å². The SMILES string of the molecule is O=C(O)c1sccc1CNCC(F)(F)C(F)F. The Morgan fingerprint density at radius 1 is 1.53 bits per heavy atom. The maximum Gasteiger partial charge on any atom is 0.346 e. The minimum atomic E-state index is -4.11. The largest absolute Gasteiger partial charge is 0.477 e. The lowest BCUT2D eigenvalue weighted by atomic mass is 10.2. The summed E-state index contributed by atoms with van der Waals surface area (Å²) in [7, 11) is 0. The molecule has 0 spiro atoms. The highest BCUT2D eigenvalue weighted by atomic mass is 32.1. The van der Waals surface area contributed by atoms with Crippen molar-refractivity contribution < 1.29 is 27.5 Å². The van der Waals surface area contributed by atoms with Gasteiger partial charge in [-0.15, -0.1) is 11.3 Å². The smallest absolute Gasteiger partial charge is 0.346 e. The minimum absolute atomic E-state index is 0.0119. The molecular formula is C9H9F4NO2S. The van der Waals surface area contributed by atoms with E-state index in [1.165, 1.54) is 11.4 Å². The van der Waals surface area contributed by atoms with Gasteiger partial charge < -0.3 is 10.4 Å². The van der Waals surface area contributed by atoms with Crippen molar-refractivity contribution in [3.8, 4) is 0 Å². The zero-order valence-corrected chi connectivity index (χ0v) is 9.24. The molecular weight excluding hydrogens is 262 g/mol. The Labute approximate surface area is 98.1 Å². The van der Waals surface area contributed by atoms with Crippen LogP contribution in [0.1, 0.15) is 15.2 Å². The van der Waals surface area contributed by atoms with Crippen LogP contribution >= 0.6 is 11.3 Å². The summed E-state index contributed by atoms with van der Waals surface area (Å²) in [4.78, 5) is 10.7. The first kappa shape index (κ1) is 13.9. The highest BCUT2D eigenvalue weighted by molar-refractivity contribution is 7.12. The van der Waals surface area contributed by atoms with E-state index in [9.17, 15) is 22.4 Å². The molecule has 0 fully saturated rings. The van der Waals surface area contributed by atoms with Gasteiger partial charge in [0.1, 0.15) is 4.88 Å². The van der Waals surface area contributed by atoms with E-state index in [1.54, 1.807) is 0 Å². The maximum absolute atomic E-state index is 12.5. The summed E-state index contributed by atoms with van der Waals surface area (Å²) in [5, 5.41) is 12.3. The molecule has 1 rings (SSSR count). The Bertz CT molecular complexity index is 394. The summed E-state index contributed by atoms with van der Waals surface area (Å²) in [5.74, 6) is -5.28. The van der Waals surface area contributed by atoms with E-state index in [1.807, 2.05) is 0 Å². The first-order valence-corrected chi connectivity index (χ1v) is 5.39. The molecule has 0 atom stereocenters. The van der Waals surface area contributed by atoms with Gasteiger partial charge in [0.2, 0.25) is 0 Å². The lowest BCUT2D eigenvalue weighted by Crippen LogP contribution is -2.38. The van der Waals surface area contributed by atoms with E-state index in [0.29, 0.717) is 5.56 Å². The van der Waals surface area contributed by atoms with Crippen molar-refractivity contribution in [3.63, 3.8) is 0 Å². The van der Waals surface area contributed by atoms with E-state index in [4.69, 9.17) is 5.11 Å². The average Bonchev–Trinajstić information content (AvgIpc) is 2.65. The third kappa shape index (κ3) is 3.67. The molecule has 0 aliphatic heterocycles. The van der Waals surface area contributed by atoms with E-state index in [-0.39, 0.29) is 11.4 Å². The standard InChI is InChI=1S/C9H9F4NO2S/c10-8(11)9(12,13)4-14-3-5-1-2-17-6(5)7(15)16/h1-2,8,14H,3-4H2,(H,15,16). The fourth-order valence-electron chi connectivity index (χ4n) is 1.10. The Hall–Kier alpha value is -1.15. The number of alkyl halides is 4. The zero-order valence-electron chi connectivity index (χ0n) is 8.42. The van der Waals surface area contributed by atoms with Crippen LogP contribution in [0.2, 0.25) is 0 Å². The quantitative estimate of drug-likeness (QED) is 0.781. The van der Waals surface area contributed by atoms with Crippen LogP contribution in [0.4, 0.5) is 17.6 Å². The van der Waals surface area contributed by atoms with Gasteiger partial charge in [-0.25, -0.2) is 13.6 Å². The molecule has 1 heterocycles. The van der Waals surface area contributed by atoms with E-state index in [2.05, 4.69) is 5.32 Å². The van der Waals surface area contributed by atoms with Crippen molar-refractivity contribution in [2.75, 3.05) is 6.54 Å². The average molecular weight is 271 g/mol. The van der Waals surface area contributed by atoms with Crippen LogP contribution < -0.4 is 5.32 Å².